The minimum atomic E-state index is -1.17. The van der Waals surface area contributed by atoms with Crippen LogP contribution in [0.15, 0.2) is 0 Å². The summed E-state index contributed by atoms with van der Waals surface area (Å²) in [5.41, 5.74) is 5.17. The first kappa shape index (κ1) is 9.89. The molecule has 1 nitrogen and oxygen atoms in total. The van der Waals surface area contributed by atoms with Crippen molar-refractivity contribution in [3.63, 3.8) is 0 Å². The van der Waals surface area contributed by atoms with Gasteiger partial charge in [0.15, 0.2) is 6.30 Å². The molecule has 0 saturated carbocycles. The summed E-state index contributed by atoms with van der Waals surface area (Å²) in [7, 11) is 0. The van der Waals surface area contributed by atoms with E-state index in [2.05, 4.69) is 0 Å². The highest BCUT2D eigenvalue weighted by Crippen LogP contribution is 2.23. The van der Waals surface area contributed by atoms with E-state index >= 15 is 0 Å². The quantitative estimate of drug-likeness (QED) is 0.608. The Kier molecular flexibility index (Phi) is 3.87. The first-order valence-electron chi connectivity index (χ1n) is 3.86. The average Bonchev–Trinajstić information content (AvgIpc) is 1.59. The minimum absolute atomic E-state index is 0.000000000000000222. The van der Waals surface area contributed by atoms with Gasteiger partial charge in [0.1, 0.15) is 0 Å². The van der Waals surface area contributed by atoms with Crippen molar-refractivity contribution in [2.45, 2.75) is 34.0 Å². The van der Waals surface area contributed by atoms with Gasteiger partial charge in [-0.15, -0.1) is 0 Å². The molecule has 0 aromatic carbocycles. The van der Waals surface area contributed by atoms with Crippen LogP contribution in [-0.2, 0) is 0 Å². The molecule has 0 bridgehead atoms. The summed E-state index contributed by atoms with van der Waals surface area (Å²) in [4.78, 5) is 0. The van der Waals surface area contributed by atoms with E-state index < -0.39 is 6.30 Å². The highest BCUT2D eigenvalue weighted by atomic mass is 19.1. The van der Waals surface area contributed by atoms with E-state index in [0.29, 0.717) is 11.8 Å². The van der Waals surface area contributed by atoms with E-state index in [9.17, 15) is 4.39 Å². The Morgan fingerprint density at radius 2 is 1.30 bits per heavy atom. The Morgan fingerprint density at radius 1 is 1.00 bits per heavy atom. The Balaban J connectivity index is 3.98. The van der Waals surface area contributed by atoms with E-state index in [1.54, 1.807) is 0 Å². The lowest BCUT2D eigenvalue weighted by Gasteiger charge is -2.25. The SMILES string of the molecule is CC(C)C(C(C)C)C(N)F. The zero-order valence-corrected chi connectivity index (χ0v) is 7.26. The van der Waals surface area contributed by atoms with Gasteiger partial charge in [-0.1, -0.05) is 27.7 Å². The zero-order valence-electron chi connectivity index (χ0n) is 7.26. The fourth-order valence-electron chi connectivity index (χ4n) is 1.51. The van der Waals surface area contributed by atoms with Gasteiger partial charge < -0.3 is 5.73 Å². The van der Waals surface area contributed by atoms with Crippen LogP contribution in [0.25, 0.3) is 0 Å². The summed E-state index contributed by atoms with van der Waals surface area (Å²) < 4.78 is 12.6. The van der Waals surface area contributed by atoms with Gasteiger partial charge in [0.05, 0.1) is 0 Å². The summed E-state index contributed by atoms with van der Waals surface area (Å²) >= 11 is 0. The van der Waals surface area contributed by atoms with Crippen molar-refractivity contribution in [1.82, 2.24) is 0 Å². The van der Waals surface area contributed by atoms with Crippen LogP contribution in [0.3, 0.4) is 0 Å². The van der Waals surface area contributed by atoms with E-state index in [-0.39, 0.29) is 5.92 Å². The van der Waals surface area contributed by atoms with Crippen LogP contribution < -0.4 is 5.73 Å². The smallest absolute Gasteiger partial charge is 0.152 e. The molecule has 0 aromatic rings. The molecule has 2 heteroatoms. The number of alkyl halides is 1. The molecule has 0 rings (SSSR count). The second-order valence-electron chi connectivity index (χ2n) is 3.51. The molecular formula is C8H18FN. The second kappa shape index (κ2) is 3.91. The maximum atomic E-state index is 12.6. The average molecular weight is 147 g/mol. The summed E-state index contributed by atoms with van der Waals surface area (Å²) in [5.74, 6) is 0.667. The van der Waals surface area contributed by atoms with Gasteiger partial charge in [-0.3, -0.25) is 0 Å². The maximum Gasteiger partial charge on any atom is 0.152 e. The molecule has 0 spiro atoms. The molecule has 0 aromatic heterocycles. The fraction of sp³-hybridized carbons (Fsp3) is 1.00. The van der Waals surface area contributed by atoms with E-state index in [0.717, 1.165) is 0 Å². The lowest BCUT2D eigenvalue weighted by Crippen LogP contribution is -2.33. The molecule has 0 radical (unpaired) electrons. The number of hydrogen-bond acceptors (Lipinski definition) is 1. The molecule has 2 N–H and O–H groups in total. The fourth-order valence-corrected chi connectivity index (χ4v) is 1.51. The lowest BCUT2D eigenvalue weighted by molar-refractivity contribution is 0.139. The normalized spacial score (nSPS) is 15.3. The van der Waals surface area contributed by atoms with Crippen LogP contribution in [0.1, 0.15) is 27.7 Å². The molecule has 0 aliphatic heterocycles. The van der Waals surface area contributed by atoms with Gasteiger partial charge in [0.25, 0.3) is 0 Å². The van der Waals surface area contributed by atoms with Crippen LogP contribution >= 0.6 is 0 Å². The van der Waals surface area contributed by atoms with Crippen molar-refractivity contribution in [3.8, 4) is 0 Å². The predicted octanol–water partition coefficient (Wildman–Crippen LogP) is 2.17. The lowest BCUT2D eigenvalue weighted by atomic mass is 9.85. The van der Waals surface area contributed by atoms with Gasteiger partial charge in [-0.2, -0.15) is 0 Å². The summed E-state index contributed by atoms with van der Waals surface area (Å²) in [6, 6.07) is 0. The van der Waals surface area contributed by atoms with E-state index in [4.69, 9.17) is 5.73 Å². The highest BCUT2D eigenvalue weighted by Gasteiger charge is 2.23. The largest absolute Gasteiger partial charge is 0.301 e. The number of halogens is 1. The van der Waals surface area contributed by atoms with Gasteiger partial charge in [-0.05, 0) is 11.8 Å². The summed E-state index contributed by atoms with van der Waals surface area (Å²) in [6.07, 6.45) is -1.17. The Labute approximate surface area is 62.8 Å². The Hall–Kier alpha value is -0.110. The zero-order chi connectivity index (χ0) is 8.31. The topological polar surface area (TPSA) is 26.0 Å². The van der Waals surface area contributed by atoms with Crippen molar-refractivity contribution in [2.24, 2.45) is 23.5 Å². The van der Waals surface area contributed by atoms with Crippen molar-refractivity contribution >= 4 is 0 Å². The van der Waals surface area contributed by atoms with Crippen LogP contribution in [-0.4, -0.2) is 6.30 Å². The molecular weight excluding hydrogens is 129 g/mol. The van der Waals surface area contributed by atoms with Crippen molar-refractivity contribution in [3.05, 3.63) is 0 Å². The molecule has 10 heavy (non-hydrogen) atoms. The summed E-state index contributed by atoms with van der Waals surface area (Å²) in [5, 5.41) is 0. The van der Waals surface area contributed by atoms with Crippen molar-refractivity contribution < 1.29 is 4.39 Å². The van der Waals surface area contributed by atoms with Crippen LogP contribution in [0.5, 0.6) is 0 Å². The molecule has 0 aliphatic carbocycles. The molecule has 62 valence electrons. The molecule has 0 saturated heterocycles. The van der Waals surface area contributed by atoms with Crippen LogP contribution in [0.4, 0.5) is 4.39 Å². The highest BCUT2D eigenvalue weighted by molar-refractivity contribution is 4.70. The van der Waals surface area contributed by atoms with Gasteiger partial charge >= 0.3 is 0 Å². The van der Waals surface area contributed by atoms with Crippen molar-refractivity contribution in [2.75, 3.05) is 0 Å². The van der Waals surface area contributed by atoms with Crippen LogP contribution in [0, 0.1) is 17.8 Å². The second-order valence-corrected chi connectivity index (χ2v) is 3.51. The summed E-state index contributed by atoms with van der Waals surface area (Å²) in [6.45, 7) is 8.02. The first-order valence-corrected chi connectivity index (χ1v) is 3.86. The third-order valence-electron chi connectivity index (χ3n) is 1.91. The van der Waals surface area contributed by atoms with Gasteiger partial charge in [0, 0.05) is 5.92 Å². The number of hydrogen-bond donors (Lipinski definition) is 1. The van der Waals surface area contributed by atoms with Crippen LogP contribution in [0.2, 0.25) is 0 Å². The van der Waals surface area contributed by atoms with E-state index in [1.165, 1.54) is 0 Å². The molecule has 0 fully saturated rings. The maximum absolute atomic E-state index is 12.6. The van der Waals surface area contributed by atoms with Gasteiger partial charge in [0.2, 0.25) is 0 Å². The standard InChI is InChI=1S/C8H18FN/c1-5(2)7(6(3)4)8(9)10/h5-8H,10H2,1-4H3. The molecule has 1 unspecified atom stereocenters. The molecule has 0 aliphatic rings. The minimum Gasteiger partial charge on any atom is -0.301 e. The number of rotatable bonds is 3. The van der Waals surface area contributed by atoms with Crippen molar-refractivity contribution in [1.29, 1.82) is 0 Å². The van der Waals surface area contributed by atoms with E-state index in [1.807, 2.05) is 27.7 Å². The third kappa shape index (κ3) is 2.65. The first-order chi connectivity index (χ1) is 4.46. The Bertz CT molecular complexity index is 70.2. The third-order valence-corrected chi connectivity index (χ3v) is 1.91. The molecule has 0 heterocycles. The molecule has 0 amide bonds. The number of nitrogens with two attached hydrogens (primary N) is 1. The monoisotopic (exact) mass is 147 g/mol. The predicted molar refractivity (Wildman–Crippen MR) is 42.2 cm³/mol. The van der Waals surface area contributed by atoms with Gasteiger partial charge in [-0.25, -0.2) is 4.39 Å². The molecule has 1 atom stereocenters. The Morgan fingerprint density at radius 3 is 1.30 bits per heavy atom.